The average Bonchev–Trinajstić information content (AvgIpc) is 2.13. The van der Waals surface area contributed by atoms with Crippen LogP contribution in [0.1, 0.15) is 6.42 Å². The average molecular weight is 247 g/mol. The van der Waals surface area contributed by atoms with Gasteiger partial charge >= 0.3 is 0 Å². The van der Waals surface area contributed by atoms with Crippen molar-refractivity contribution in [1.29, 1.82) is 0 Å². The summed E-state index contributed by atoms with van der Waals surface area (Å²) in [5.74, 6) is 0. The first-order chi connectivity index (χ1) is 4.84. The lowest BCUT2D eigenvalue weighted by atomic mass is 10.2. The van der Waals surface area contributed by atoms with Crippen LogP contribution in [0.2, 0.25) is 0 Å². The minimum Gasteiger partial charge on any atom is -0.398 e. The normalized spacial score (nSPS) is 17.7. The van der Waals surface area contributed by atoms with Gasteiger partial charge in [0.1, 0.15) is 0 Å². The van der Waals surface area contributed by atoms with Crippen molar-refractivity contribution in [3.63, 3.8) is 0 Å². The molecule has 2 heteroatoms. The van der Waals surface area contributed by atoms with E-state index in [9.17, 15) is 0 Å². The zero-order valence-corrected chi connectivity index (χ0v) is 7.84. The second kappa shape index (κ2) is 3.81. The molecule has 0 aromatic carbocycles. The molecule has 1 aliphatic rings. The van der Waals surface area contributed by atoms with E-state index in [1.165, 1.54) is 5.57 Å². The van der Waals surface area contributed by atoms with E-state index in [-0.39, 0.29) is 0 Å². The molecular formula is C8H10IN. The third-order valence-electron chi connectivity index (χ3n) is 1.43. The molecule has 0 unspecified atom stereocenters. The van der Waals surface area contributed by atoms with Crippen LogP contribution in [0.15, 0.2) is 35.6 Å². The van der Waals surface area contributed by atoms with E-state index in [2.05, 4.69) is 34.7 Å². The third-order valence-corrected chi connectivity index (χ3v) is 2.25. The van der Waals surface area contributed by atoms with E-state index in [0.29, 0.717) is 0 Å². The lowest BCUT2D eigenvalue weighted by molar-refractivity contribution is 1.28. The Kier molecular flexibility index (Phi) is 2.99. The van der Waals surface area contributed by atoms with Gasteiger partial charge in [-0.25, -0.2) is 0 Å². The van der Waals surface area contributed by atoms with Gasteiger partial charge in [-0.1, -0.05) is 40.8 Å². The van der Waals surface area contributed by atoms with Crippen LogP contribution in [0.5, 0.6) is 0 Å². The molecule has 0 amide bonds. The van der Waals surface area contributed by atoms with Crippen LogP contribution < -0.4 is 5.73 Å². The van der Waals surface area contributed by atoms with Gasteiger partial charge in [0.25, 0.3) is 0 Å². The van der Waals surface area contributed by atoms with Crippen LogP contribution >= 0.6 is 22.6 Å². The highest BCUT2D eigenvalue weighted by Crippen LogP contribution is 2.12. The predicted octanol–water partition coefficient (Wildman–Crippen LogP) is 2.15. The summed E-state index contributed by atoms with van der Waals surface area (Å²) in [6.45, 7) is 0. The van der Waals surface area contributed by atoms with Crippen molar-refractivity contribution in [2.45, 2.75) is 6.42 Å². The van der Waals surface area contributed by atoms with E-state index in [1.54, 1.807) is 0 Å². The molecule has 1 rings (SSSR count). The number of allylic oxidation sites excluding steroid dienone is 5. The lowest BCUT2D eigenvalue weighted by Crippen LogP contribution is -2.00. The molecule has 0 heterocycles. The number of rotatable bonds is 1. The Hall–Kier alpha value is -0.250. The van der Waals surface area contributed by atoms with Crippen LogP contribution in [0.4, 0.5) is 0 Å². The van der Waals surface area contributed by atoms with Gasteiger partial charge in [-0.15, -0.1) is 0 Å². The monoisotopic (exact) mass is 247 g/mol. The Balaban J connectivity index is 2.81. The van der Waals surface area contributed by atoms with E-state index < -0.39 is 0 Å². The summed E-state index contributed by atoms with van der Waals surface area (Å²) in [7, 11) is 0. The van der Waals surface area contributed by atoms with Gasteiger partial charge in [0, 0.05) is 10.1 Å². The Morgan fingerprint density at radius 1 is 1.60 bits per heavy atom. The molecule has 0 saturated heterocycles. The fourth-order valence-electron chi connectivity index (χ4n) is 0.817. The quantitative estimate of drug-likeness (QED) is 0.557. The van der Waals surface area contributed by atoms with Crippen LogP contribution in [0, 0.1) is 0 Å². The first-order valence-electron chi connectivity index (χ1n) is 3.22. The fraction of sp³-hybridized carbons (Fsp3) is 0.250. The summed E-state index contributed by atoms with van der Waals surface area (Å²) in [6, 6.07) is 0. The van der Waals surface area contributed by atoms with Crippen molar-refractivity contribution < 1.29 is 0 Å². The van der Waals surface area contributed by atoms with Gasteiger partial charge in [-0.2, -0.15) is 0 Å². The summed E-state index contributed by atoms with van der Waals surface area (Å²) in [4.78, 5) is 0. The lowest BCUT2D eigenvalue weighted by Gasteiger charge is -1.99. The maximum atomic E-state index is 5.73. The molecule has 0 radical (unpaired) electrons. The van der Waals surface area contributed by atoms with Crippen molar-refractivity contribution in [1.82, 2.24) is 0 Å². The van der Waals surface area contributed by atoms with Crippen LogP contribution in [-0.4, -0.2) is 4.43 Å². The topological polar surface area (TPSA) is 26.0 Å². The molecule has 1 nitrogen and oxygen atoms in total. The molecule has 0 aliphatic heterocycles. The first kappa shape index (κ1) is 7.85. The van der Waals surface area contributed by atoms with Crippen molar-refractivity contribution in [2.24, 2.45) is 5.73 Å². The molecule has 0 fully saturated rings. The molecule has 10 heavy (non-hydrogen) atoms. The molecule has 0 saturated carbocycles. The van der Waals surface area contributed by atoms with Gasteiger partial charge < -0.3 is 5.73 Å². The molecule has 54 valence electrons. The second-order valence-corrected chi connectivity index (χ2v) is 2.91. The maximum absolute atomic E-state index is 5.73. The van der Waals surface area contributed by atoms with Crippen LogP contribution in [0.25, 0.3) is 0 Å². The van der Waals surface area contributed by atoms with Crippen molar-refractivity contribution in [2.75, 3.05) is 4.43 Å². The summed E-state index contributed by atoms with van der Waals surface area (Å²) in [5.41, 5.74) is 7.89. The van der Waals surface area contributed by atoms with E-state index in [4.69, 9.17) is 5.73 Å². The number of alkyl halides is 1. The molecule has 2 N–H and O–H groups in total. The van der Waals surface area contributed by atoms with Gasteiger partial charge in [0.15, 0.2) is 0 Å². The van der Waals surface area contributed by atoms with Crippen molar-refractivity contribution in [3.8, 4) is 0 Å². The highest BCUT2D eigenvalue weighted by atomic mass is 127. The van der Waals surface area contributed by atoms with Gasteiger partial charge in [-0.05, 0) is 18.1 Å². The minimum atomic E-state index is 0.906. The Bertz CT molecular complexity index is 201. The molecule has 1 aliphatic carbocycles. The van der Waals surface area contributed by atoms with Gasteiger partial charge in [0.2, 0.25) is 0 Å². The van der Waals surface area contributed by atoms with Crippen molar-refractivity contribution in [3.05, 3.63) is 35.6 Å². The van der Waals surface area contributed by atoms with Crippen LogP contribution in [-0.2, 0) is 0 Å². The zero-order chi connectivity index (χ0) is 7.40. The smallest absolute Gasteiger partial charge is 0.0351 e. The largest absolute Gasteiger partial charge is 0.398 e. The molecule has 0 atom stereocenters. The summed E-state index contributed by atoms with van der Waals surface area (Å²) < 4.78 is 1.00. The predicted molar refractivity (Wildman–Crippen MR) is 53.0 cm³/mol. The number of hydrogen-bond acceptors (Lipinski definition) is 1. The fourth-order valence-corrected chi connectivity index (χ4v) is 1.57. The SMILES string of the molecule is NC1=CC=CCC=C1CI. The van der Waals surface area contributed by atoms with E-state index in [1.807, 2.05) is 12.2 Å². The van der Waals surface area contributed by atoms with Crippen molar-refractivity contribution >= 4 is 22.6 Å². The number of hydrogen-bond donors (Lipinski definition) is 1. The molecule has 0 aromatic rings. The second-order valence-electron chi connectivity index (χ2n) is 2.15. The Labute approximate surface area is 74.8 Å². The summed E-state index contributed by atoms with van der Waals surface area (Å²) >= 11 is 2.32. The molecule has 0 aromatic heterocycles. The van der Waals surface area contributed by atoms with Crippen LogP contribution in [0.3, 0.4) is 0 Å². The first-order valence-corrected chi connectivity index (χ1v) is 4.75. The number of nitrogens with two attached hydrogens (primary N) is 1. The highest BCUT2D eigenvalue weighted by Gasteiger charge is 1.97. The summed E-state index contributed by atoms with van der Waals surface area (Å²) in [6.07, 6.45) is 9.24. The van der Waals surface area contributed by atoms with E-state index >= 15 is 0 Å². The zero-order valence-electron chi connectivity index (χ0n) is 5.68. The Morgan fingerprint density at radius 3 is 3.10 bits per heavy atom. The molecule has 0 bridgehead atoms. The van der Waals surface area contributed by atoms with E-state index in [0.717, 1.165) is 16.5 Å². The standard InChI is InChI=1S/C8H10IN/c9-6-7-4-2-1-3-5-8(7)10/h1,3-5H,2,6,10H2. The number of halogens is 1. The summed E-state index contributed by atoms with van der Waals surface area (Å²) in [5, 5.41) is 0. The third kappa shape index (κ3) is 1.87. The maximum Gasteiger partial charge on any atom is 0.0351 e. The molecular weight excluding hydrogens is 237 g/mol. The van der Waals surface area contributed by atoms with Gasteiger partial charge in [-0.3, -0.25) is 0 Å². The molecule has 0 spiro atoms. The Morgan fingerprint density at radius 2 is 2.40 bits per heavy atom. The minimum absolute atomic E-state index is 0.906. The highest BCUT2D eigenvalue weighted by molar-refractivity contribution is 14.1. The van der Waals surface area contributed by atoms with Gasteiger partial charge in [0.05, 0.1) is 0 Å².